The zero-order chi connectivity index (χ0) is 17.2. The van der Waals surface area contributed by atoms with E-state index < -0.39 is 0 Å². The lowest BCUT2D eigenvalue weighted by Gasteiger charge is -2.28. The Balaban J connectivity index is 1.31. The molecule has 0 bridgehead atoms. The van der Waals surface area contributed by atoms with Crippen LogP contribution in [0.5, 0.6) is 11.6 Å². The highest BCUT2D eigenvalue weighted by Gasteiger charge is 2.12. The number of hydrogen-bond acceptors (Lipinski definition) is 6. The maximum absolute atomic E-state index is 5.75. The molecule has 6 nitrogen and oxygen atoms in total. The van der Waals surface area contributed by atoms with Gasteiger partial charge in [-0.2, -0.15) is 4.98 Å². The molecule has 2 heterocycles. The van der Waals surface area contributed by atoms with Crippen molar-refractivity contribution in [1.29, 1.82) is 0 Å². The van der Waals surface area contributed by atoms with Crippen LogP contribution in [-0.2, 0) is 0 Å². The van der Waals surface area contributed by atoms with E-state index in [0.717, 1.165) is 63.6 Å². The second-order valence-electron chi connectivity index (χ2n) is 6.02. The predicted molar refractivity (Wildman–Crippen MR) is 98.4 cm³/mol. The molecule has 1 fully saturated rings. The van der Waals surface area contributed by atoms with Crippen molar-refractivity contribution in [3.8, 4) is 11.6 Å². The highest BCUT2D eigenvalue weighted by Crippen LogP contribution is 2.15. The Hall–Kier alpha value is -2.34. The zero-order valence-electron chi connectivity index (χ0n) is 14.6. The molecule has 0 saturated carbocycles. The number of aromatic nitrogens is 2. The van der Waals surface area contributed by atoms with Gasteiger partial charge >= 0.3 is 0 Å². The van der Waals surface area contributed by atoms with Crippen LogP contribution in [0.3, 0.4) is 0 Å². The number of piperazine rings is 1. The first kappa shape index (κ1) is 17.5. The highest BCUT2D eigenvalue weighted by molar-refractivity contribution is 5.38. The maximum Gasteiger partial charge on any atom is 0.234 e. The molecular weight excluding hydrogens is 316 g/mol. The van der Waals surface area contributed by atoms with E-state index in [4.69, 9.17) is 9.47 Å². The first-order valence-corrected chi connectivity index (χ1v) is 9.00. The average molecular weight is 342 g/mol. The Morgan fingerprint density at radius 3 is 2.48 bits per heavy atom. The third kappa shape index (κ3) is 5.90. The van der Waals surface area contributed by atoms with E-state index >= 15 is 0 Å². The summed E-state index contributed by atoms with van der Waals surface area (Å²) in [6, 6.07) is 9.92. The molecule has 2 aromatic rings. The van der Waals surface area contributed by atoms with Crippen LogP contribution in [0.15, 0.2) is 42.7 Å². The summed E-state index contributed by atoms with van der Waals surface area (Å²) in [7, 11) is 0. The second-order valence-corrected chi connectivity index (χ2v) is 6.02. The van der Waals surface area contributed by atoms with Gasteiger partial charge in [0.1, 0.15) is 5.75 Å². The molecular formula is C19H26N4O2. The molecule has 25 heavy (non-hydrogen) atoms. The number of unbranched alkanes of at least 4 members (excludes halogenated alkanes) is 2. The van der Waals surface area contributed by atoms with Crippen molar-refractivity contribution in [2.24, 2.45) is 0 Å². The summed E-state index contributed by atoms with van der Waals surface area (Å²) in [5, 5.41) is 3.34. The molecule has 1 N–H and O–H groups in total. The number of nitrogens with one attached hydrogen (secondary N) is 1. The van der Waals surface area contributed by atoms with Crippen LogP contribution in [0.1, 0.15) is 19.3 Å². The molecule has 0 radical (unpaired) electrons. The van der Waals surface area contributed by atoms with E-state index in [2.05, 4.69) is 20.2 Å². The molecule has 1 saturated heterocycles. The Bertz CT molecular complexity index is 618. The SMILES string of the molecule is c1ccc(OCCCCCOc2cncc(N3CCNCC3)n2)cc1. The monoisotopic (exact) mass is 342 g/mol. The number of rotatable bonds is 9. The predicted octanol–water partition coefficient (Wildman–Crippen LogP) is 2.51. The molecule has 0 amide bonds. The van der Waals surface area contributed by atoms with Crippen LogP contribution in [0.2, 0.25) is 0 Å². The van der Waals surface area contributed by atoms with E-state index in [0.29, 0.717) is 12.5 Å². The first-order chi connectivity index (χ1) is 12.4. The Kier molecular flexibility index (Phi) is 6.88. The van der Waals surface area contributed by atoms with Crippen molar-refractivity contribution in [3.05, 3.63) is 42.7 Å². The summed E-state index contributed by atoms with van der Waals surface area (Å²) in [6.07, 6.45) is 6.56. The van der Waals surface area contributed by atoms with Crippen molar-refractivity contribution in [2.75, 3.05) is 44.3 Å². The lowest BCUT2D eigenvalue weighted by molar-refractivity contribution is 0.273. The topological polar surface area (TPSA) is 59.5 Å². The fraction of sp³-hybridized carbons (Fsp3) is 0.474. The van der Waals surface area contributed by atoms with E-state index in [1.54, 1.807) is 12.4 Å². The third-order valence-corrected chi connectivity index (χ3v) is 4.09. The minimum Gasteiger partial charge on any atom is -0.494 e. The summed E-state index contributed by atoms with van der Waals surface area (Å²) in [6.45, 7) is 5.28. The lowest BCUT2D eigenvalue weighted by atomic mass is 10.2. The quantitative estimate of drug-likeness (QED) is 0.707. The molecule has 0 spiro atoms. The lowest BCUT2D eigenvalue weighted by Crippen LogP contribution is -2.43. The molecule has 0 aliphatic carbocycles. The highest BCUT2D eigenvalue weighted by atomic mass is 16.5. The Morgan fingerprint density at radius 1 is 0.920 bits per heavy atom. The molecule has 1 aromatic carbocycles. The molecule has 6 heteroatoms. The van der Waals surface area contributed by atoms with Gasteiger partial charge in [-0.15, -0.1) is 0 Å². The number of hydrogen-bond donors (Lipinski definition) is 1. The summed E-state index contributed by atoms with van der Waals surface area (Å²) < 4.78 is 11.4. The number of ether oxygens (including phenoxy) is 2. The van der Waals surface area contributed by atoms with Crippen molar-refractivity contribution in [1.82, 2.24) is 15.3 Å². The van der Waals surface area contributed by atoms with Crippen LogP contribution in [-0.4, -0.2) is 49.4 Å². The smallest absolute Gasteiger partial charge is 0.234 e. The molecule has 1 aliphatic rings. The van der Waals surface area contributed by atoms with Crippen LogP contribution in [0.4, 0.5) is 5.82 Å². The molecule has 0 unspecified atom stereocenters. The van der Waals surface area contributed by atoms with Gasteiger partial charge in [-0.1, -0.05) is 18.2 Å². The van der Waals surface area contributed by atoms with E-state index in [1.165, 1.54) is 0 Å². The largest absolute Gasteiger partial charge is 0.494 e. The van der Waals surface area contributed by atoms with Gasteiger partial charge in [-0.3, -0.25) is 4.98 Å². The first-order valence-electron chi connectivity index (χ1n) is 9.00. The minimum atomic E-state index is 0.608. The molecule has 1 aliphatic heterocycles. The van der Waals surface area contributed by atoms with Gasteiger partial charge in [-0.25, -0.2) is 0 Å². The van der Waals surface area contributed by atoms with E-state index in [9.17, 15) is 0 Å². The van der Waals surface area contributed by atoms with Crippen molar-refractivity contribution in [2.45, 2.75) is 19.3 Å². The van der Waals surface area contributed by atoms with E-state index in [1.807, 2.05) is 30.3 Å². The maximum atomic E-state index is 5.75. The van der Waals surface area contributed by atoms with Gasteiger partial charge < -0.3 is 19.7 Å². The van der Waals surface area contributed by atoms with Gasteiger partial charge in [-0.05, 0) is 31.4 Å². The van der Waals surface area contributed by atoms with Gasteiger partial charge in [0.05, 0.1) is 25.6 Å². The number of anilines is 1. The molecule has 0 atom stereocenters. The summed E-state index contributed by atoms with van der Waals surface area (Å²) in [5.74, 6) is 2.44. The summed E-state index contributed by atoms with van der Waals surface area (Å²) in [4.78, 5) is 11.0. The number of para-hydroxylation sites is 1. The average Bonchev–Trinajstić information content (AvgIpc) is 2.69. The van der Waals surface area contributed by atoms with E-state index in [-0.39, 0.29) is 0 Å². The fourth-order valence-electron chi connectivity index (χ4n) is 2.72. The normalized spacial score (nSPS) is 14.3. The van der Waals surface area contributed by atoms with Crippen LogP contribution in [0.25, 0.3) is 0 Å². The van der Waals surface area contributed by atoms with Crippen molar-refractivity contribution < 1.29 is 9.47 Å². The number of benzene rings is 1. The molecule has 134 valence electrons. The third-order valence-electron chi connectivity index (χ3n) is 4.09. The van der Waals surface area contributed by atoms with Gasteiger partial charge in [0.2, 0.25) is 5.88 Å². The van der Waals surface area contributed by atoms with Crippen molar-refractivity contribution in [3.63, 3.8) is 0 Å². The van der Waals surface area contributed by atoms with Gasteiger partial charge in [0.25, 0.3) is 0 Å². The zero-order valence-corrected chi connectivity index (χ0v) is 14.6. The molecule has 3 rings (SSSR count). The van der Waals surface area contributed by atoms with Gasteiger partial charge in [0.15, 0.2) is 5.82 Å². The Labute approximate surface area is 149 Å². The summed E-state index contributed by atoms with van der Waals surface area (Å²) in [5.41, 5.74) is 0. The van der Waals surface area contributed by atoms with Crippen LogP contribution >= 0.6 is 0 Å². The van der Waals surface area contributed by atoms with Crippen LogP contribution < -0.4 is 19.7 Å². The molecule has 1 aromatic heterocycles. The number of nitrogens with zero attached hydrogens (tertiary/aromatic N) is 3. The van der Waals surface area contributed by atoms with Crippen molar-refractivity contribution >= 4 is 5.82 Å². The van der Waals surface area contributed by atoms with Gasteiger partial charge in [0, 0.05) is 26.2 Å². The standard InChI is InChI=1S/C19H26N4O2/c1-3-7-17(8-4-1)24-13-5-2-6-14-25-19-16-21-15-18(22-19)23-11-9-20-10-12-23/h1,3-4,7-8,15-16,20H,2,5-6,9-14H2. The second kappa shape index (κ2) is 9.84. The fourth-order valence-corrected chi connectivity index (χ4v) is 2.72. The van der Waals surface area contributed by atoms with Crippen LogP contribution in [0, 0.1) is 0 Å². The summed E-state index contributed by atoms with van der Waals surface area (Å²) >= 11 is 0. The minimum absolute atomic E-state index is 0.608. The Morgan fingerprint density at radius 2 is 1.68 bits per heavy atom.